The van der Waals surface area contributed by atoms with Crippen LogP contribution in [0.4, 0.5) is 0 Å². The Morgan fingerprint density at radius 1 is 1.17 bits per heavy atom. The highest BCUT2D eigenvalue weighted by atomic mass is 16.8. The van der Waals surface area contributed by atoms with E-state index < -0.39 is 48.1 Å². The van der Waals surface area contributed by atoms with Gasteiger partial charge in [-0.2, -0.15) is 0 Å². The van der Waals surface area contributed by atoms with E-state index in [0.29, 0.717) is 0 Å². The SMILES string of the molecule is CCOC(=O)[C@@H](O)[C@@H](O)[C@@H]1OC(C)(C)O[C@@H]1[C@H]1COC(C)(C)O1. The lowest BCUT2D eigenvalue weighted by Crippen LogP contribution is -2.50. The molecule has 0 amide bonds. The van der Waals surface area contributed by atoms with Gasteiger partial charge < -0.3 is 33.9 Å². The zero-order valence-corrected chi connectivity index (χ0v) is 14.1. The summed E-state index contributed by atoms with van der Waals surface area (Å²) in [5, 5.41) is 20.3. The average Bonchev–Trinajstić information content (AvgIpc) is 2.96. The summed E-state index contributed by atoms with van der Waals surface area (Å²) in [4.78, 5) is 11.6. The van der Waals surface area contributed by atoms with Crippen molar-refractivity contribution in [3.63, 3.8) is 0 Å². The van der Waals surface area contributed by atoms with E-state index in [2.05, 4.69) is 0 Å². The number of rotatable bonds is 5. The molecule has 2 N–H and O–H groups in total. The van der Waals surface area contributed by atoms with Crippen LogP contribution in [0.1, 0.15) is 34.6 Å². The number of hydrogen-bond acceptors (Lipinski definition) is 8. The molecule has 0 saturated carbocycles. The summed E-state index contributed by atoms with van der Waals surface area (Å²) in [6, 6.07) is 0. The van der Waals surface area contributed by atoms with E-state index in [1.807, 2.05) is 0 Å². The molecule has 0 unspecified atom stereocenters. The van der Waals surface area contributed by atoms with Crippen molar-refractivity contribution in [1.82, 2.24) is 0 Å². The van der Waals surface area contributed by atoms with E-state index in [9.17, 15) is 15.0 Å². The molecule has 2 aliphatic rings. The maximum absolute atomic E-state index is 11.6. The number of carbonyl (C=O) groups excluding carboxylic acids is 1. The molecule has 0 bridgehead atoms. The lowest BCUT2D eigenvalue weighted by Gasteiger charge is -2.28. The highest BCUT2D eigenvalue weighted by molar-refractivity contribution is 5.75. The summed E-state index contributed by atoms with van der Waals surface area (Å²) in [5.74, 6) is -2.66. The molecule has 23 heavy (non-hydrogen) atoms. The van der Waals surface area contributed by atoms with Crippen LogP contribution in [0.3, 0.4) is 0 Å². The minimum Gasteiger partial charge on any atom is -0.464 e. The average molecular weight is 334 g/mol. The molecule has 2 rings (SSSR count). The monoisotopic (exact) mass is 334 g/mol. The molecule has 2 saturated heterocycles. The van der Waals surface area contributed by atoms with Gasteiger partial charge in [-0.25, -0.2) is 4.79 Å². The van der Waals surface area contributed by atoms with Crippen molar-refractivity contribution in [3.05, 3.63) is 0 Å². The number of ether oxygens (including phenoxy) is 5. The van der Waals surface area contributed by atoms with Gasteiger partial charge >= 0.3 is 5.97 Å². The van der Waals surface area contributed by atoms with E-state index in [1.54, 1.807) is 34.6 Å². The van der Waals surface area contributed by atoms with Crippen molar-refractivity contribution < 1.29 is 38.7 Å². The molecule has 0 aliphatic carbocycles. The maximum atomic E-state index is 11.6. The minimum atomic E-state index is -1.73. The zero-order valence-electron chi connectivity index (χ0n) is 14.1. The zero-order chi connectivity index (χ0) is 17.4. The molecule has 2 aliphatic heterocycles. The molecule has 0 radical (unpaired) electrons. The Morgan fingerprint density at radius 2 is 1.83 bits per heavy atom. The summed E-state index contributed by atoms with van der Waals surface area (Å²) < 4.78 is 27.5. The van der Waals surface area contributed by atoms with E-state index in [4.69, 9.17) is 23.7 Å². The normalized spacial score (nSPS) is 35.0. The van der Waals surface area contributed by atoms with Crippen LogP contribution in [0.5, 0.6) is 0 Å². The third kappa shape index (κ3) is 4.20. The molecule has 0 spiro atoms. The largest absolute Gasteiger partial charge is 0.464 e. The van der Waals surface area contributed by atoms with Crippen molar-refractivity contribution in [1.29, 1.82) is 0 Å². The minimum absolute atomic E-state index is 0.104. The summed E-state index contributed by atoms with van der Waals surface area (Å²) in [6.45, 7) is 8.89. The second kappa shape index (κ2) is 6.62. The first-order valence-corrected chi connectivity index (χ1v) is 7.76. The van der Waals surface area contributed by atoms with Crippen LogP contribution in [0.15, 0.2) is 0 Å². The quantitative estimate of drug-likeness (QED) is 0.674. The summed E-state index contributed by atoms with van der Waals surface area (Å²) in [5.41, 5.74) is 0. The van der Waals surface area contributed by atoms with E-state index >= 15 is 0 Å². The second-order valence-electron chi connectivity index (χ2n) is 6.62. The summed E-state index contributed by atoms with van der Waals surface area (Å²) >= 11 is 0. The van der Waals surface area contributed by atoms with Gasteiger partial charge in [0.1, 0.15) is 24.4 Å². The smallest absolute Gasteiger partial charge is 0.337 e. The Bertz CT molecular complexity index is 435. The number of hydrogen-bond donors (Lipinski definition) is 2. The number of aliphatic hydroxyl groups is 2. The van der Waals surface area contributed by atoms with Crippen LogP contribution in [-0.4, -0.2) is 71.5 Å². The molecule has 134 valence electrons. The molecule has 2 fully saturated rings. The molecule has 0 aromatic carbocycles. The molecule has 0 aromatic heterocycles. The topological polar surface area (TPSA) is 104 Å². The van der Waals surface area contributed by atoms with Gasteiger partial charge in [0.25, 0.3) is 0 Å². The van der Waals surface area contributed by atoms with Crippen molar-refractivity contribution in [3.8, 4) is 0 Å². The molecule has 8 nitrogen and oxygen atoms in total. The Kier molecular flexibility index (Phi) is 5.34. The molecule has 5 atom stereocenters. The van der Waals surface area contributed by atoms with Gasteiger partial charge in [0, 0.05) is 0 Å². The van der Waals surface area contributed by atoms with Gasteiger partial charge in [-0.05, 0) is 34.6 Å². The molecule has 0 aromatic rings. The standard InChI is InChI=1S/C15H26O8/c1-6-19-13(18)10(17)9(16)12-11(22-15(4,5)23-12)8-7-20-14(2,3)21-8/h8-12,16-17H,6-7H2,1-5H3/t8-,9-,10+,11-,12+/m1/s1. The Hall–Kier alpha value is -0.770. The molecule has 2 heterocycles. The van der Waals surface area contributed by atoms with E-state index in [0.717, 1.165) is 0 Å². The molecular weight excluding hydrogens is 308 g/mol. The van der Waals surface area contributed by atoms with Crippen molar-refractivity contribution in [2.24, 2.45) is 0 Å². The maximum Gasteiger partial charge on any atom is 0.337 e. The van der Waals surface area contributed by atoms with Crippen LogP contribution < -0.4 is 0 Å². The van der Waals surface area contributed by atoms with Crippen molar-refractivity contribution >= 4 is 5.97 Å². The summed E-state index contributed by atoms with van der Waals surface area (Å²) in [6.07, 6.45) is -5.36. The predicted octanol–water partition coefficient (Wildman–Crippen LogP) is -0.0571. The van der Waals surface area contributed by atoms with Gasteiger partial charge in [-0.1, -0.05) is 0 Å². The van der Waals surface area contributed by atoms with Crippen LogP contribution >= 0.6 is 0 Å². The third-order valence-electron chi connectivity index (χ3n) is 3.75. The number of esters is 1. The van der Waals surface area contributed by atoms with Gasteiger partial charge in [0.05, 0.1) is 13.2 Å². The first-order valence-electron chi connectivity index (χ1n) is 7.76. The lowest BCUT2D eigenvalue weighted by molar-refractivity contribution is -0.179. The first-order chi connectivity index (χ1) is 10.6. The van der Waals surface area contributed by atoms with Gasteiger partial charge in [-0.3, -0.25) is 0 Å². The fourth-order valence-electron chi connectivity index (χ4n) is 2.79. The van der Waals surface area contributed by atoms with Crippen LogP contribution in [0.25, 0.3) is 0 Å². The van der Waals surface area contributed by atoms with Gasteiger partial charge in [0.15, 0.2) is 17.7 Å². The van der Waals surface area contributed by atoms with E-state index in [-0.39, 0.29) is 13.2 Å². The first kappa shape index (κ1) is 18.6. The Labute approximate surface area is 135 Å². The highest BCUT2D eigenvalue weighted by Crippen LogP contribution is 2.37. The van der Waals surface area contributed by atoms with E-state index in [1.165, 1.54) is 0 Å². The third-order valence-corrected chi connectivity index (χ3v) is 3.75. The number of carbonyl (C=O) groups is 1. The van der Waals surface area contributed by atoms with Gasteiger partial charge in [-0.15, -0.1) is 0 Å². The second-order valence-corrected chi connectivity index (χ2v) is 6.62. The van der Waals surface area contributed by atoms with Crippen LogP contribution in [0, 0.1) is 0 Å². The summed E-state index contributed by atoms with van der Waals surface area (Å²) in [7, 11) is 0. The van der Waals surface area contributed by atoms with Gasteiger partial charge in [0.2, 0.25) is 0 Å². The highest BCUT2D eigenvalue weighted by Gasteiger charge is 2.53. The predicted molar refractivity (Wildman–Crippen MR) is 77.4 cm³/mol. The van der Waals surface area contributed by atoms with Crippen molar-refractivity contribution in [2.45, 2.75) is 76.7 Å². The fraction of sp³-hybridized carbons (Fsp3) is 0.933. The van der Waals surface area contributed by atoms with Crippen LogP contribution in [0.2, 0.25) is 0 Å². The lowest BCUT2D eigenvalue weighted by atomic mass is 9.99. The number of aliphatic hydroxyl groups excluding tert-OH is 2. The fourth-order valence-corrected chi connectivity index (χ4v) is 2.79. The van der Waals surface area contributed by atoms with Crippen molar-refractivity contribution in [2.75, 3.05) is 13.2 Å². The Morgan fingerprint density at radius 3 is 2.35 bits per heavy atom. The van der Waals surface area contributed by atoms with Crippen LogP contribution in [-0.2, 0) is 28.5 Å². The Balaban J connectivity index is 2.12. The molecule has 8 heteroatoms. The molecular formula is C15H26O8.